The molecule has 2 aliphatic heterocycles. The number of carbonyl (C=O) groups is 1. The molecule has 0 saturated heterocycles. The van der Waals surface area contributed by atoms with Gasteiger partial charge in [-0.2, -0.15) is 0 Å². The predicted molar refractivity (Wildman–Crippen MR) is 62.1 cm³/mol. The van der Waals surface area contributed by atoms with Gasteiger partial charge in [-0.3, -0.25) is 4.79 Å². The van der Waals surface area contributed by atoms with Gasteiger partial charge in [-0.25, -0.2) is 9.98 Å². The van der Waals surface area contributed by atoms with Crippen molar-refractivity contribution in [3.05, 3.63) is 10.5 Å². The first kappa shape index (κ1) is 9.33. The lowest BCUT2D eigenvalue weighted by Crippen LogP contribution is -2.22. The van der Waals surface area contributed by atoms with Crippen LogP contribution in [0.3, 0.4) is 0 Å². The van der Waals surface area contributed by atoms with E-state index in [-0.39, 0.29) is 11.8 Å². The Kier molecular flexibility index (Phi) is 2.24. The Hall–Kier alpha value is -0.900. The molecule has 1 amide bonds. The molecule has 3 nitrogen and oxygen atoms in total. The number of nitrogens with zero attached hydrogens (tertiary/aromatic N) is 2. The van der Waals surface area contributed by atoms with Gasteiger partial charge in [0.1, 0.15) is 12.3 Å². The van der Waals surface area contributed by atoms with Crippen LogP contribution in [0.1, 0.15) is 32.1 Å². The van der Waals surface area contributed by atoms with Gasteiger partial charge in [0.15, 0.2) is 0 Å². The van der Waals surface area contributed by atoms with Crippen LogP contribution in [0.25, 0.3) is 0 Å². The minimum atomic E-state index is -0.104. The molecular formula is C11H12N2OS. The first-order chi connectivity index (χ1) is 7.36. The van der Waals surface area contributed by atoms with Crippen molar-refractivity contribution in [3.63, 3.8) is 0 Å². The van der Waals surface area contributed by atoms with E-state index < -0.39 is 0 Å². The normalized spacial score (nSPS) is 29.7. The highest BCUT2D eigenvalue weighted by atomic mass is 32.2. The van der Waals surface area contributed by atoms with E-state index in [4.69, 9.17) is 0 Å². The van der Waals surface area contributed by atoms with E-state index in [1.807, 2.05) is 0 Å². The summed E-state index contributed by atoms with van der Waals surface area (Å²) in [5, 5.41) is 0.960. The molecule has 3 aliphatic rings. The summed E-state index contributed by atoms with van der Waals surface area (Å²) in [5.41, 5.74) is 1.32. The lowest BCUT2D eigenvalue weighted by Gasteiger charge is -2.12. The lowest BCUT2D eigenvalue weighted by atomic mass is 9.95. The fraction of sp³-hybridized carbons (Fsp3) is 0.545. The molecule has 2 heterocycles. The Morgan fingerprint density at radius 2 is 2.13 bits per heavy atom. The molecule has 0 N–H and O–H groups in total. The minimum Gasteiger partial charge on any atom is -0.271 e. The smallest absolute Gasteiger partial charge is 0.261 e. The highest BCUT2D eigenvalue weighted by Crippen LogP contribution is 2.45. The third-order valence-electron chi connectivity index (χ3n) is 3.15. The maximum Gasteiger partial charge on any atom is 0.261 e. The van der Waals surface area contributed by atoms with Gasteiger partial charge in [-0.05, 0) is 36.2 Å². The first-order valence-corrected chi connectivity index (χ1v) is 6.22. The monoisotopic (exact) mass is 220 g/mol. The van der Waals surface area contributed by atoms with E-state index in [1.165, 1.54) is 36.1 Å². The fourth-order valence-electron chi connectivity index (χ4n) is 2.41. The molecule has 4 heteroatoms. The van der Waals surface area contributed by atoms with Crippen molar-refractivity contribution in [1.29, 1.82) is 0 Å². The lowest BCUT2D eigenvalue weighted by molar-refractivity contribution is -0.118. The quantitative estimate of drug-likeness (QED) is 0.629. The first-order valence-electron chi connectivity index (χ1n) is 5.40. The molecular weight excluding hydrogens is 208 g/mol. The van der Waals surface area contributed by atoms with Crippen LogP contribution in [-0.4, -0.2) is 17.3 Å². The average Bonchev–Trinajstić information content (AvgIpc) is 2.43. The van der Waals surface area contributed by atoms with E-state index in [2.05, 4.69) is 9.98 Å². The Balaban J connectivity index is 1.99. The number of amides is 1. The fourth-order valence-corrected chi connectivity index (χ4v) is 3.72. The summed E-state index contributed by atoms with van der Waals surface area (Å²) in [7, 11) is 0. The molecule has 1 aliphatic carbocycles. The number of hydrogen-bond donors (Lipinski definition) is 0. The van der Waals surface area contributed by atoms with Gasteiger partial charge in [0.25, 0.3) is 5.91 Å². The predicted octanol–water partition coefficient (Wildman–Crippen LogP) is 2.53. The molecule has 1 atom stereocenters. The van der Waals surface area contributed by atoms with E-state index in [9.17, 15) is 4.79 Å². The molecule has 15 heavy (non-hydrogen) atoms. The largest absolute Gasteiger partial charge is 0.271 e. The Labute approximate surface area is 92.8 Å². The zero-order valence-electron chi connectivity index (χ0n) is 8.40. The topological polar surface area (TPSA) is 41.8 Å². The van der Waals surface area contributed by atoms with Gasteiger partial charge < -0.3 is 0 Å². The number of carbonyl (C=O) groups excluding carboxylic acids is 1. The Morgan fingerprint density at radius 3 is 3.07 bits per heavy atom. The van der Waals surface area contributed by atoms with E-state index in [0.29, 0.717) is 0 Å². The molecule has 0 spiro atoms. The van der Waals surface area contributed by atoms with Gasteiger partial charge in [-0.1, -0.05) is 18.2 Å². The third kappa shape index (κ3) is 1.47. The van der Waals surface area contributed by atoms with Gasteiger partial charge >= 0.3 is 0 Å². The van der Waals surface area contributed by atoms with Crippen molar-refractivity contribution in [3.8, 4) is 0 Å². The van der Waals surface area contributed by atoms with Crippen LogP contribution in [0.2, 0.25) is 0 Å². The number of allylic oxidation sites excluding steroid dienone is 1. The van der Waals surface area contributed by atoms with Gasteiger partial charge in [0.2, 0.25) is 0 Å². The molecule has 0 fully saturated rings. The summed E-state index contributed by atoms with van der Waals surface area (Å²) in [4.78, 5) is 21.1. The molecule has 0 saturated carbocycles. The minimum absolute atomic E-state index is 0.0144. The van der Waals surface area contributed by atoms with Crippen molar-refractivity contribution in [2.24, 2.45) is 15.9 Å². The molecule has 0 aromatic heterocycles. The van der Waals surface area contributed by atoms with Crippen LogP contribution >= 0.6 is 11.8 Å². The number of fused-ring (bicyclic) bond motifs is 2. The van der Waals surface area contributed by atoms with Gasteiger partial charge in [0, 0.05) is 0 Å². The maximum atomic E-state index is 11.7. The number of hydrogen-bond acceptors (Lipinski definition) is 3. The zero-order chi connectivity index (χ0) is 10.3. The molecule has 0 bridgehead atoms. The molecule has 78 valence electrons. The number of aliphatic imine (C=N–C) groups is 2. The summed E-state index contributed by atoms with van der Waals surface area (Å²) in [6.07, 6.45) is 7.33. The SMILES string of the molecule is O=C1N=CN=C2SC3=C(CCCCC3)C12. The van der Waals surface area contributed by atoms with Crippen LogP contribution in [0.15, 0.2) is 20.5 Å². The van der Waals surface area contributed by atoms with Crippen molar-refractivity contribution in [2.75, 3.05) is 0 Å². The second kappa shape index (κ2) is 3.59. The second-order valence-corrected chi connectivity index (χ2v) is 5.21. The number of thioether (sulfide) groups is 1. The van der Waals surface area contributed by atoms with Crippen LogP contribution < -0.4 is 0 Å². The Bertz CT molecular complexity index is 409. The van der Waals surface area contributed by atoms with Crippen LogP contribution in [0, 0.1) is 5.92 Å². The highest BCUT2D eigenvalue weighted by molar-refractivity contribution is 8.17. The maximum absolute atomic E-state index is 11.7. The Morgan fingerprint density at radius 1 is 1.27 bits per heavy atom. The molecule has 1 unspecified atom stereocenters. The van der Waals surface area contributed by atoms with Crippen LogP contribution in [0.5, 0.6) is 0 Å². The zero-order valence-corrected chi connectivity index (χ0v) is 9.22. The molecule has 0 radical (unpaired) electrons. The van der Waals surface area contributed by atoms with E-state index in [1.54, 1.807) is 11.8 Å². The van der Waals surface area contributed by atoms with E-state index >= 15 is 0 Å². The van der Waals surface area contributed by atoms with Crippen LogP contribution in [-0.2, 0) is 4.79 Å². The second-order valence-electron chi connectivity index (χ2n) is 4.09. The highest BCUT2D eigenvalue weighted by Gasteiger charge is 2.38. The summed E-state index contributed by atoms with van der Waals surface area (Å²) in [6.45, 7) is 0. The van der Waals surface area contributed by atoms with Crippen molar-refractivity contribution in [1.82, 2.24) is 0 Å². The van der Waals surface area contributed by atoms with Crippen molar-refractivity contribution in [2.45, 2.75) is 32.1 Å². The average molecular weight is 220 g/mol. The van der Waals surface area contributed by atoms with Gasteiger partial charge in [-0.15, -0.1) is 0 Å². The molecule has 3 rings (SSSR count). The summed E-state index contributed by atoms with van der Waals surface area (Å²) >= 11 is 1.71. The third-order valence-corrected chi connectivity index (χ3v) is 4.41. The van der Waals surface area contributed by atoms with Crippen molar-refractivity contribution < 1.29 is 4.79 Å². The summed E-state index contributed by atoms with van der Waals surface area (Å²) < 4.78 is 0. The standard InChI is InChI=1S/C11H12N2OS/c14-10-9-7-4-2-1-3-5-8(7)15-11(9)13-6-12-10/h6,9H,1-5H2. The summed E-state index contributed by atoms with van der Waals surface area (Å²) in [5.74, 6) is -0.118. The number of rotatable bonds is 0. The molecule has 0 aromatic carbocycles. The summed E-state index contributed by atoms with van der Waals surface area (Å²) in [6, 6.07) is 0. The van der Waals surface area contributed by atoms with Crippen LogP contribution in [0.4, 0.5) is 0 Å². The molecule has 0 aromatic rings. The van der Waals surface area contributed by atoms with Crippen molar-refractivity contribution >= 4 is 29.1 Å². The van der Waals surface area contributed by atoms with Gasteiger partial charge in [0.05, 0.1) is 5.04 Å². The van der Waals surface area contributed by atoms with E-state index in [0.717, 1.165) is 17.9 Å².